The number of hydrogen-bond acceptors (Lipinski definition) is 6. The van der Waals surface area contributed by atoms with Crippen LogP contribution >= 0.6 is 23.2 Å². The fourth-order valence-corrected chi connectivity index (χ4v) is 5.83. The third-order valence-electron chi connectivity index (χ3n) is 7.75. The molecule has 2 aliphatic carbocycles. The second-order valence-corrected chi connectivity index (χ2v) is 11.3. The van der Waals surface area contributed by atoms with Crippen molar-refractivity contribution in [2.24, 2.45) is 11.1 Å². The number of amides is 1. The van der Waals surface area contributed by atoms with Crippen molar-refractivity contribution in [1.82, 2.24) is 19.5 Å². The number of nitrogens with one attached hydrogen (secondary N) is 2. The van der Waals surface area contributed by atoms with Crippen LogP contribution in [0.1, 0.15) is 64.3 Å². The van der Waals surface area contributed by atoms with Crippen molar-refractivity contribution >= 4 is 57.9 Å². The van der Waals surface area contributed by atoms with Crippen molar-refractivity contribution in [2.45, 2.75) is 76.3 Å². The van der Waals surface area contributed by atoms with Gasteiger partial charge in [-0.2, -0.15) is 4.98 Å². The summed E-state index contributed by atoms with van der Waals surface area (Å²) in [6, 6.07) is 2.04. The summed E-state index contributed by atoms with van der Waals surface area (Å²) in [6.45, 7) is 1.87. The van der Waals surface area contributed by atoms with E-state index in [9.17, 15) is 18.0 Å². The number of nitrogens with zero attached hydrogens (tertiary/aromatic N) is 4. The number of fused-ring (bicyclic) bond motifs is 1. The lowest BCUT2D eigenvalue weighted by atomic mass is 9.73. The Balaban J connectivity index is 1.50. The number of hydrogen-bond donors (Lipinski definition) is 3. The Morgan fingerprint density at radius 2 is 1.71 bits per heavy atom. The van der Waals surface area contributed by atoms with E-state index in [1.165, 1.54) is 0 Å². The van der Waals surface area contributed by atoms with Gasteiger partial charge in [-0.15, -0.1) is 0 Å². The number of carbonyl (C=O) groups excluding carboxylic acids is 1. The Bertz CT molecular complexity index is 1340. The number of rotatable bonds is 6. The molecule has 1 aromatic carbocycles. The number of aromatic nitrogens is 4. The summed E-state index contributed by atoms with van der Waals surface area (Å²) in [6.07, 6.45) is 4.26. The van der Waals surface area contributed by atoms with Gasteiger partial charge in [-0.3, -0.25) is 9.36 Å². The maximum Gasteiger partial charge on any atom is 0.248 e. The zero-order valence-electron chi connectivity index (χ0n) is 20.7. The summed E-state index contributed by atoms with van der Waals surface area (Å²) >= 11 is 12.6. The third-order valence-corrected chi connectivity index (χ3v) is 8.34. The van der Waals surface area contributed by atoms with Gasteiger partial charge in [-0.25, -0.2) is 23.1 Å². The molecule has 2 fully saturated rings. The van der Waals surface area contributed by atoms with Crippen LogP contribution in [0.15, 0.2) is 18.3 Å². The van der Waals surface area contributed by atoms with E-state index < -0.39 is 17.2 Å². The molecule has 0 saturated heterocycles. The van der Waals surface area contributed by atoms with E-state index >= 15 is 0 Å². The first-order valence-electron chi connectivity index (χ1n) is 12.5. The van der Waals surface area contributed by atoms with Crippen molar-refractivity contribution in [3.8, 4) is 0 Å². The van der Waals surface area contributed by atoms with E-state index in [2.05, 4.69) is 20.6 Å². The molecule has 4 N–H and O–H groups in total. The molecular formula is C25H28Cl2F3N7O. The van der Waals surface area contributed by atoms with Crippen LogP contribution in [-0.4, -0.2) is 37.4 Å². The Morgan fingerprint density at radius 3 is 2.32 bits per heavy atom. The monoisotopic (exact) mass is 569 g/mol. The molecule has 2 aromatic heterocycles. The van der Waals surface area contributed by atoms with Crippen LogP contribution in [0.2, 0.25) is 10.0 Å². The Morgan fingerprint density at radius 1 is 1.08 bits per heavy atom. The van der Waals surface area contributed by atoms with Gasteiger partial charge >= 0.3 is 0 Å². The van der Waals surface area contributed by atoms with Gasteiger partial charge in [-0.05, 0) is 50.7 Å². The van der Waals surface area contributed by atoms with Gasteiger partial charge in [0.2, 0.25) is 23.7 Å². The summed E-state index contributed by atoms with van der Waals surface area (Å²) in [5.41, 5.74) is 6.35. The number of alkyl halides is 2. The van der Waals surface area contributed by atoms with E-state index in [1.54, 1.807) is 6.20 Å². The first-order chi connectivity index (χ1) is 17.9. The second kappa shape index (κ2) is 10.1. The van der Waals surface area contributed by atoms with Crippen molar-refractivity contribution in [2.75, 3.05) is 10.6 Å². The zero-order chi connectivity index (χ0) is 27.2. The molecule has 13 heteroatoms. The lowest BCUT2D eigenvalue weighted by Crippen LogP contribution is -2.38. The molecule has 2 heterocycles. The minimum atomic E-state index is -2.63. The predicted molar refractivity (Wildman–Crippen MR) is 141 cm³/mol. The average molecular weight is 570 g/mol. The molecule has 0 unspecified atom stereocenters. The maximum atomic E-state index is 13.8. The van der Waals surface area contributed by atoms with Crippen molar-refractivity contribution in [1.29, 1.82) is 0 Å². The second-order valence-electron chi connectivity index (χ2n) is 10.5. The number of halogens is 5. The molecule has 204 valence electrons. The first-order valence-corrected chi connectivity index (χ1v) is 13.3. The van der Waals surface area contributed by atoms with Gasteiger partial charge in [-0.1, -0.05) is 30.1 Å². The molecule has 0 aliphatic heterocycles. The summed E-state index contributed by atoms with van der Waals surface area (Å²) in [7, 11) is 0. The number of imidazole rings is 1. The Kier molecular flexibility index (Phi) is 7.10. The standard InChI is InChI=1S/C25H28Cl2F3N7O/c1-24(21(31)38)6-4-15(5-7-24)37-20-18(34-23(37)35-19-16(26)10-13(28)11-17(19)27)12-32-22(36-20)33-14-2-8-25(29,30)9-3-14/h10-12,14-15H,2-9H2,1H3,(H2,31,38)(H,34,35)(H,32,33,36). The lowest BCUT2D eigenvalue weighted by Gasteiger charge is -2.35. The number of nitrogens with two attached hydrogens (primary N) is 1. The molecule has 0 atom stereocenters. The summed E-state index contributed by atoms with van der Waals surface area (Å²) in [5.74, 6) is -2.84. The van der Waals surface area contributed by atoms with Crippen molar-refractivity contribution < 1.29 is 18.0 Å². The van der Waals surface area contributed by atoms with Gasteiger partial charge in [0.1, 0.15) is 11.3 Å². The van der Waals surface area contributed by atoms with Crippen LogP contribution in [0, 0.1) is 11.2 Å². The molecular weight excluding hydrogens is 542 g/mol. The minimum Gasteiger partial charge on any atom is -0.369 e. The molecule has 0 radical (unpaired) electrons. The van der Waals surface area contributed by atoms with E-state index in [1.807, 2.05) is 11.5 Å². The fourth-order valence-electron chi connectivity index (χ4n) is 5.28. The van der Waals surface area contributed by atoms with Crippen LogP contribution in [0.5, 0.6) is 0 Å². The lowest BCUT2D eigenvalue weighted by molar-refractivity contribution is -0.128. The summed E-state index contributed by atoms with van der Waals surface area (Å²) in [4.78, 5) is 25.8. The van der Waals surface area contributed by atoms with Gasteiger partial charge in [0.25, 0.3) is 0 Å². The number of anilines is 3. The summed E-state index contributed by atoms with van der Waals surface area (Å²) < 4.78 is 42.9. The molecule has 38 heavy (non-hydrogen) atoms. The molecule has 0 spiro atoms. The molecule has 0 bridgehead atoms. The van der Waals surface area contributed by atoms with Crippen molar-refractivity contribution in [3.05, 3.63) is 34.2 Å². The molecule has 2 aliphatic rings. The Hall–Kier alpha value is -2.79. The van der Waals surface area contributed by atoms with Crippen LogP contribution in [-0.2, 0) is 4.79 Å². The first kappa shape index (κ1) is 26.8. The Labute approximate surface area is 227 Å². The highest BCUT2D eigenvalue weighted by Gasteiger charge is 2.38. The predicted octanol–water partition coefficient (Wildman–Crippen LogP) is 6.61. The van der Waals surface area contributed by atoms with E-state index in [4.69, 9.17) is 33.9 Å². The van der Waals surface area contributed by atoms with E-state index in [0.29, 0.717) is 67.3 Å². The maximum absolute atomic E-state index is 13.8. The highest BCUT2D eigenvalue weighted by molar-refractivity contribution is 6.39. The minimum absolute atomic E-state index is 0.0843. The quantitative estimate of drug-likeness (QED) is 0.308. The largest absolute Gasteiger partial charge is 0.369 e. The van der Waals surface area contributed by atoms with Crippen LogP contribution in [0.25, 0.3) is 11.2 Å². The van der Waals surface area contributed by atoms with Gasteiger partial charge < -0.3 is 16.4 Å². The highest BCUT2D eigenvalue weighted by atomic mass is 35.5. The molecule has 3 aromatic rings. The third kappa shape index (κ3) is 5.36. The normalized spacial score (nSPS) is 23.9. The number of primary amides is 1. The van der Waals surface area contributed by atoms with Gasteiger partial charge in [0.05, 0.1) is 21.9 Å². The van der Waals surface area contributed by atoms with E-state index in [0.717, 1.165) is 12.1 Å². The van der Waals surface area contributed by atoms with Gasteiger partial charge in [0, 0.05) is 30.3 Å². The topological polar surface area (TPSA) is 111 Å². The molecule has 1 amide bonds. The molecule has 8 nitrogen and oxygen atoms in total. The zero-order valence-corrected chi connectivity index (χ0v) is 22.2. The summed E-state index contributed by atoms with van der Waals surface area (Å²) in [5, 5.41) is 6.49. The number of benzene rings is 1. The molecule has 2 saturated carbocycles. The molecule has 5 rings (SSSR count). The smallest absolute Gasteiger partial charge is 0.248 e. The van der Waals surface area contributed by atoms with E-state index in [-0.39, 0.29) is 40.9 Å². The SMILES string of the molecule is CC1(C(N)=O)CCC(n2c(Nc3c(Cl)cc(F)cc3Cl)nc3cnc(NC4CCC(F)(F)CC4)nc32)CC1. The van der Waals surface area contributed by atoms with Gasteiger partial charge in [0.15, 0.2) is 5.65 Å². The fraction of sp³-hybridized carbons (Fsp3) is 0.520. The van der Waals surface area contributed by atoms with Crippen LogP contribution in [0.3, 0.4) is 0 Å². The highest BCUT2D eigenvalue weighted by Crippen LogP contribution is 2.44. The number of carbonyl (C=O) groups is 1. The van der Waals surface area contributed by atoms with Crippen molar-refractivity contribution in [3.63, 3.8) is 0 Å². The average Bonchev–Trinajstić information content (AvgIpc) is 3.20. The van der Waals surface area contributed by atoms with Crippen LogP contribution < -0.4 is 16.4 Å². The van der Waals surface area contributed by atoms with Crippen LogP contribution in [0.4, 0.5) is 30.8 Å².